The van der Waals surface area contributed by atoms with E-state index < -0.39 is 0 Å². The van der Waals surface area contributed by atoms with Crippen LogP contribution < -0.4 is 0 Å². The standard InChI is InChI=1S/C11H20N2/c1-5-7-11(4,6-2)13-9-10(3)8-12-13/h8-9H,5-7H2,1-4H3. The number of nitrogens with zero attached hydrogens (tertiary/aromatic N) is 2. The second kappa shape index (κ2) is 3.95. The second-order valence-electron chi connectivity index (χ2n) is 4.06. The van der Waals surface area contributed by atoms with Gasteiger partial charge in [-0.25, -0.2) is 0 Å². The van der Waals surface area contributed by atoms with Crippen LogP contribution in [0.5, 0.6) is 0 Å². The van der Waals surface area contributed by atoms with Crippen molar-refractivity contribution in [1.29, 1.82) is 0 Å². The molecule has 0 amide bonds. The van der Waals surface area contributed by atoms with Gasteiger partial charge in [-0.3, -0.25) is 4.68 Å². The third-order valence-electron chi connectivity index (χ3n) is 2.82. The van der Waals surface area contributed by atoms with E-state index in [1.807, 2.05) is 6.20 Å². The van der Waals surface area contributed by atoms with Gasteiger partial charge in [0, 0.05) is 6.20 Å². The summed E-state index contributed by atoms with van der Waals surface area (Å²) >= 11 is 0. The lowest BCUT2D eigenvalue weighted by atomic mass is 9.93. The Morgan fingerprint density at radius 1 is 1.46 bits per heavy atom. The smallest absolute Gasteiger partial charge is 0.0597 e. The lowest BCUT2D eigenvalue weighted by molar-refractivity contribution is 0.251. The zero-order chi connectivity index (χ0) is 9.90. The van der Waals surface area contributed by atoms with Crippen molar-refractivity contribution in [1.82, 2.24) is 9.78 Å². The van der Waals surface area contributed by atoms with Crippen molar-refractivity contribution in [2.75, 3.05) is 0 Å². The fourth-order valence-electron chi connectivity index (χ4n) is 1.70. The minimum Gasteiger partial charge on any atom is -0.267 e. The molecule has 1 rings (SSSR count). The van der Waals surface area contributed by atoms with E-state index in [1.165, 1.54) is 18.4 Å². The van der Waals surface area contributed by atoms with E-state index in [0.717, 1.165) is 6.42 Å². The summed E-state index contributed by atoms with van der Waals surface area (Å²) in [4.78, 5) is 0. The maximum atomic E-state index is 4.39. The number of rotatable bonds is 4. The molecule has 0 saturated heterocycles. The van der Waals surface area contributed by atoms with Gasteiger partial charge in [-0.05, 0) is 32.3 Å². The van der Waals surface area contributed by atoms with Gasteiger partial charge in [-0.15, -0.1) is 0 Å². The molecule has 2 heteroatoms. The number of hydrogen-bond donors (Lipinski definition) is 0. The molecule has 1 aromatic heterocycles. The molecule has 0 bridgehead atoms. The Hall–Kier alpha value is -0.790. The number of aryl methyl sites for hydroxylation is 1. The summed E-state index contributed by atoms with van der Waals surface area (Å²) in [6.45, 7) is 8.82. The van der Waals surface area contributed by atoms with E-state index in [-0.39, 0.29) is 5.54 Å². The van der Waals surface area contributed by atoms with E-state index in [0.29, 0.717) is 0 Å². The Bertz CT molecular complexity index is 265. The van der Waals surface area contributed by atoms with Crippen LogP contribution in [0.4, 0.5) is 0 Å². The van der Waals surface area contributed by atoms with Crippen LogP contribution in [0.25, 0.3) is 0 Å². The fourth-order valence-corrected chi connectivity index (χ4v) is 1.70. The molecule has 74 valence electrons. The predicted molar refractivity (Wildman–Crippen MR) is 55.8 cm³/mol. The minimum atomic E-state index is 0.211. The molecule has 0 radical (unpaired) electrons. The lowest BCUT2D eigenvalue weighted by Gasteiger charge is -2.28. The summed E-state index contributed by atoms with van der Waals surface area (Å²) in [5.74, 6) is 0. The predicted octanol–water partition coefficient (Wildman–Crippen LogP) is 3.12. The summed E-state index contributed by atoms with van der Waals surface area (Å²) in [7, 11) is 0. The normalized spacial score (nSPS) is 15.7. The molecule has 1 unspecified atom stereocenters. The first kappa shape index (κ1) is 10.3. The lowest BCUT2D eigenvalue weighted by Crippen LogP contribution is -2.29. The van der Waals surface area contributed by atoms with Crippen LogP contribution in [0.2, 0.25) is 0 Å². The quantitative estimate of drug-likeness (QED) is 0.696. The van der Waals surface area contributed by atoms with Crippen LogP contribution in [-0.2, 0) is 5.54 Å². The second-order valence-corrected chi connectivity index (χ2v) is 4.06. The fraction of sp³-hybridized carbons (Fsp3) is 0.727. The van der Waals surface area contributed by atoms with Crippen LogP contribution >= 0.6 is 0 Å². The van der Waals surface area contributed by atoms with Crippen molar-refractivity contribution in [2.45, 2.75) is 52.5 Å². The summed E-state index contributed by atoms with van der Waals surface area (Å²) < 4.78 is 2.12. The van der Waals surface area contributed by atoms with Crippen LogP contribution in [0.15, 0.2) is 12.4 Å². The van der Waals surface area contributed by atoms with E-state index in [9.17, 15) is 0 Å². The van der Waals surface area contributed by atoms with E-state index in [1.54, 1.807) is 0 Å². The topological polar surface area (TPSA) is 17.8 Å². The van der Waals surface area contributed by atoms with Crippen LogP contribution in [0.3, 0.4) is 0 Å². The summed E-state index contributed by atoms with van der Waals surface area (Å²) in [5.41, 5.74) is 1.46. The van der Waals surface area contributed by atoms with Crippen molar-refractivity contribution in [3.05, 3.63) is 18.0 Å². The average Bonchev–Trinajstić information content (AvgIpc) is 2.52. The Morgan fingerprint density at radius 2 is 2.15 bits per heavy atom. The highest BCUT2D eigenvalue weighted by atomic mass is 15.3. The minimum absolute atomic E-state index is 0.211. The van der Waals surface area contributed by atoms with Crippen molar-refractivity contribution in [3.63, 3.8) is 0 Å². The Balaban J connectivity index is 2.88. The Morgan fingerprint density at radius 3 is 2.54 bits per heavy atom. The van der Waals surface area contributed by atoms with Gasteiger partial charge in [0.2, 0.25) is 0 Å². The summed E-state index contributed by atoms with van der Waals surface area (Å²) in [6, 6.07) is 0. The van der Waals surface area contributed by atoms with Crippen molar-refractivity contribution < 1.29 is 0 Å². The molecular formula is C11H20N2. The highest BCUT2D eigenvalue weighted by molar-refractivity contribution is 5.02. The highest BCUT2D eigenvalue weighted by Crippen LogP contribution is 2.25. The molecule has 0 aliphatic rings. The molecule has 0 fully saturated rings. The molecule has 0 N–H and O–H groups in total. The maximum absolute atomic E-state index is 4.39. The van der Waals surface area contributed by atoms with Crippen molar-refractivity contribution in [3.8, 4) is 0 Å². The molecule has 0 saturated carbocycles. The summed E-state index contributed by atoms with van der Waals surface area (Å²) in [6.07, 6.45) is 7.62. The molecule has 13 heavy (non-hydrogen) atoms. The van der Waals surface area contributed by atoms with Gasteiger partial charge in [-0.1, -0.05) is 20.3 Å². The van der Waals surface area contributed by atoms with Crippen molar-refractivity contribution in [2.24, 2.45) is 0 Å². The van der Waals surface area contributed by atoms with Gasteiger partial charge in [0.05, 0.1) is 11.7 Å². The van der Waals surface area contributed by atoms with Gasteiger partial charge >= 0.3 is 0 Å². The van der Waals surface area contributed by atoms with Crippen LogP contribution in [0, 0.1) is 6.92 Å². The summed E-state index contributed by atoms with van der Waals surface area (Å²) in [5, 5.41) is 4.39. The zero-order valence-electron chi connectivity index (χ0n) is 9.17. The molecule has 0 aromatic carbocycles. The van der Waals surface area contributed by atoms with Gasteiger partial charge in [0.1, 0.15) is 0 Å². The van der Waals surface area contributed by atoms with Crippen LogP contribution in [-0.4, -0.2) is 9.78 Å². The molecule has 1 aromatic rings. The largest absolute Gasteiger partial charge is 0.267 e. The molecular weight excluding hydrogens is 160 g/mol. The zero-order valence-corrected chi connectivity index (χ0v) is 9.17. The highest BCUT2D eigenvalue weighted by Gasteiger charge is 2.23. The van der Waals surface area contributed by atoms with Gasteiger partial charge in [-0.2, -0.15) is 5.10 Å². The van der Waals surface area contributed by atoms with E-state index in [4.69, 9.17) is 0 Å². The SMILES string of the molecule is CCCC(C)(CC)n1cc(C)cn1. The monoisotopic (exact) mass is 180 g/mol. The molecule has 0 spiro atoms. The number of hydrogen-bond acceptors (Lipinski definition) is 1. The first-order valence-electron chi connectivity index (χ1n) is 5.14. The molecule has 0 aliphatic heterocycles. The maximum Gasteiger partial charge on any atom is 0.0597 e. The number of aromatic nitrogens is 2. The molecule has 1 heterocycles. The van der Waals surface area contributed by atoms with Gasteiger partial charge in [0.15, 0.2) is 0 Å². The van der Waals surface area contributed by atoms with Crippen LogP contribution in [0.1, 0.15) is 45.6 Å². The van der Waals surface area contributed by atoms with Crippen molar-refractivity contribution >= 4 is 0 Å². The third kappa shape index (κ3) is 2.11. The molecule has 1 atom stereocenters. The van der Waals surface area contributed by atoms with Gasteiger partial charge < -0.3 is 0 Å². The Kier molecular flexibility index (Phi) is 3.12. The first-order valence-corrected chi connectivity index (χ1v) is 5.14. The Labute approximate surface area is 81.0 Å². The molecule has 2 nitrogen and oxygen atoms in total. The first-order chi connectivity index (χ1) is 6.12. The van der Waals surface area contributed by atoms with Gasteiger partial charge in [0.25, 0.3) is 0 Å². The van der Waals surface area contributed by atoms with E-state index >= 15 is 0 Å². The average molecular weight is 180 g/mol. The van der Waals surface area contributed by atoms with E-state index in [2.05, 4.69) is 43.7 Å². The third-order valence-corrected chi connectivity index (χ3v) is 2.82. The molecule has 0 aliphatic carbocycles.